The number of hydrogen-bond acceptors (Lipinski definition) is 3. The topological polar surface area (TPSA) is 21.3 Å². The Morgan fingerprint density at radius 3 is 2.63 bits per heavy atom. The highest BCUT2D eigenvalue weighted by Gasteiger charge is 2.11. The van der Waals surface area contributed by atoms with Crippen LogP contribution in [0.25, 0.3) is 0 Å². The van der Waals surface area contributed by atoms with Crippen LogP contribution in [-0.2, 0) is 12.8 Å². The molecule has 0 aliphatic carbocycles. The molecule has 0 saturated heterocycles. The van der Waals surface area contributed by atoms with E-state index in [2.05, 4.69) is 22.1 Å². The van der Waals surface area contributed by atoms with Crippen LogP contribution in [0.4, 0.5) is 4.39 Å². The number of ether oxygens (including phenoxy) is 1. The fourth-order valence-corrected chi connectivity index (χ4v) is 2.77. The van der Waals surface area contributed by atoms with Crippen LogP contribution in [-0.4, -0.2) is 20.2 Å². The largest absolute Gasteiger partial charge is 0.494 e. The number of methoxy groups -OCH3 is 1. The first kappa shape index (κ1) is 14.0. The van der Waals surface area contributed by atoms with E-state index in [1.54, 1.807) is 23.5 Å². The smallest absolute Gasteiger partial charge is 0.165 e. The highest BCUT2D eigenvalue weighted by atomic mass is 32.1. The molecule has 0 radical (unpaired) electrons. The van der Waals surface area contributed by atoms with E-state index in [9.17, 15) is 4.39 Å². The van der Waals surface area contributed by atoms with E-state index in [0.717, 1.165) is 18.4 Å². The summed E-state index contributed by atoms with van der Waals surface area (Å²) in [6.45, 7) is 0. The molecule has 0 amide bonds. The van der Waals surface area contributed by atoms with Crippen LogP contribution in [0.3, 0.4) is 0 Å². The van der Waals surface area contributed by atoms with E-state index < -0.39 is 0 Å². The average Bonchev–Trinajstić information content (AvgIpc) is 2.91. The van der Waals surface area contributed by atoms with E-state index in [0.29, 0.717) is 11.8 Å². The van der Waals surface area contributed by atoms with Gasteiger partial charge in [0.1, 0.15) is 0 Å². The molecule has 0 spiro atoms. The zero-order chi connectivity index (χ0) is 13.7. The van der Waals surface area contributed by atoms with Crippen LogP contribution < -0.4 is 10.1 Å². The van der Waals surface area contributed by atoms with Crippen molar-refractivity contribution in [2.75, 3.05) is 14.2 Å². The number of nitrogens with one attached hydrogen (secondary N) is 1. The van der Waals surface area contributed by atoms with Crippen molar-refractivity contribution in [3.8, 4) is 5.75 Å². The molecule has 0 fully saturated rings. The Kier molecular flexibility index (Phi) is 4.93. The maximum atomic E-state index is 13.6. The number of benzene rings is 1. The number of halogens is 1. The molecular weight excluding hydrogens is 261 g/mol. The molecule has 2 nitrogen and oxygen atoms in total. The van der Waals surface area contributed by atoms with Crippen LogP contribution in [0, 0.1) is 5.82 Å². The second-order valence-electron chi connectivity index (χ2n) is 4.49. The fraction of sp³-hybridized carbons (Fsp3) is 0.333. The van der Waals surface area contributed by atoms with Crippen LogP contribution in [0.2, 0.25) is 0 Å². The zero-order valence-electron chi connectivity index (χ0n) is 11.2. The molecule has 0 aliphatic rings. The van der Waals surface area contributed by atoms with Crippen LogP contribution in [0.1, 0.15) is 11.1 Å². The van der Waals surface area contributed by atoms with Gasteiger partial charge in [0.2, 0.25) is 0 Å². The minimum Gasteiger partial charge on any atom is -0.494 e. The normalized spacial score (nSPS) is 12.4. The lowest BCUT2D eigenvalue weighted by atomic mass is 10.0. The van der Waals surface area contributed by atoms with Crippen molar-refractivity contribution in [2.24, 2.45) is 0 Å². The van der Waals surface area contributed by atoms with Crippen LogP contribution >= 0.6 is 11.3 Å². The van der Waals surface area contributed by atoms with Gasteiger partial charge in [-0.05, 0) is 60.0 Å². The maximum absolute atomic E-state index is 13.6. The first-order valence-electron chi connectivity index (χ1n) is 6.23. The van der Waals surface area contributed by atoms with E-state index in [4.69, 9.17) is 4.74 Å². The van der Waals surface area contributed by atoms with Gasteiger partial charge < -0.3 is 10.1 Å². The molecule has 102 valence electrons. The van der Waals surface area contributed by atoms with Crippen molar-refractivity contribution in [3.05, 3.63) is 52.0 Å². The third kappa shape index (κ3) is 3.78. The second-order valence-corrected chi connectivity index (χ2v) is 5.27. The third-order valence-electron chi connectivity index (χ3n) is 3.17. The Morgan fingerprint density at radius 2 is 2.05 bits per heavy atom. The van der Waals surface area contributed by atoms with Gasteiger partial charge in [0.05, 0.1) is 7.11 Å². The van der Waals surface area contributed by atoms with Gasteiger partial charge >= 0.3 is 0 Å². The molecule has 2 aromatic rings. The quantitative estimate of drug-likeness (QED) is 0.876. The van der Waals surface area contributed by atoms with E-state index in [1.807, 2.05) is 13.1 Å². The summed E-state index contributed by atoms with van der Waals surface area (Å²) in [5, 5.41) is 7.52. The Balaban J connectivity index is 2.03. The van der Waals surface area contributed by atoms with Gasteiger partial charge in [-0.1, -0.05) is 6.07 Å². The van der Waals surface area contributed by atoms with Gasteiger partial charge in [-0.2, -0.15) is 11.3 Å². The fourth-order valence-electron chi connectivity index (χ4n) is 2.09. The van der Waals surface area contributed by atoms with Crippen molar-refractivity contribution in [1.29, 1.82) is 0 Å². The first-order valence-corrected chi connectivity index (χ1v) is 7.18. The highest BCUT2D eigenvalue weighted by Crippen LogP contribution is 2.19. The average molecular weight is 279 g/mol. The van der Waals surface area contributed by atoms with Gasteiger partial charge in [0.15, 0.2) is 11.6 Å². The molecule has 1 aromatic heterocycles. The van der Waals surface area contributed by atoms with Crippen molar-refractivity contribution in [3.63, 3.8) is 0 Å². The van der Waals surface area contributed by atoms with E-state index in [1.165, 1.54) is 12.7 Å². The highest BCUT2D eigenvalue weighted by molar-refractivity contribution is 7.07. The minimum absolute atomic E-state index is 0.294. The molecule has 1 N–H and O–H groups in total. The summed E-state index contributed by atoms with van der Waals surface area (Å²) in [5.41, 5.74) is 2.30. The van der Waals surface area contributed by atoms with Gasteiger partial charge in [0, 0.05) is 6.04 Å². The van der Waals surface area contributed by atoms with Crippen LogP contribution in [0.5, 0.6) is 5.75 Å². The van der Waals surface area contributed by atoms with Crippen LogP contribution in [0.15, 0.2) is 35.0 Å². The summed E-state index contributed by atoms with van der Waals surface area (Å²) in [6.07, 6.45) is 1.75. The predicted molar refractivity (Wildman–Crippen MR) is 77.5 cm³/mol. The van der Waals surface area contributed by atoms with Crippen molar-refractivity contribution < 1.29 is 9.13 Å². The number of likely N-dealkylation sites (N-methyl/N-ethyl adjacent to an activating group) is 1. The predicted octanol–water partition coefficient (Wildman–Crippen LogP) is 3.27. The Hall–Kier alpha value is -1.39. The Labute approximate surface area is 117 Å². The van der Waals surface area contributed by atoms with Gasteiger partial charge in [-0.15, -0.1) is 0 Å². The van der Waals surface area contributed by atoms with E-state index >= 15 is 0 Å². The first-order chi connectivity index (χ1) is 9.22. The Morgan fingerprint density at radius 1 is 1.26 bits per heavy atom. The molecule has 0 saturated carbocycles. The monoisotopic (exact) mass is 279 g/mol. The summed E-state index contributed by atoms with van der Waals surface area (Å²) in [7, 11) is 3.42. The summed E-state index contributed by atoms with van der Waals surface area (Å²) in [6, 6.07) is 7.59. The standard InChI is InChI=1S/C15H18FNOS/c1-17-13(8-12-5-6-19-10-12)7-11-3-4-15(18-2)14(16)9-11/h3-6,9-10,13,17H,7-8H2,1-2H3. The molecular formula is C15H18FNOS. The molecule has 2 rings (SSSR count). The lowest BCUT2D eigenvalue weighted by molar-refractivity contribution is 0.386. The van der Waals surface area contributed by atoms with E-state index in [-0.39, 0.29) is 5.82 Å². The molecule has 1 unspecified atom stereocenters. The number of rotatable bonds is 6. The Bertz CT molecular complexity index is 513. The van der Waals surface area contributed by atoms with Crippen molar-refractivity contribution in [1.82, 2.24) is 5.32 Å². The maximum Gasteiger partial charge on any atom is 0.165 e. The number of thiophene rings is 1. The third-order valence-corrected chi connectivity index (χ3v) is 3.90. The summed E-state index contributed by atoms with van der Waals surface area (Å²) < 4.78 is 18.6. The lowest BCUT2D eigenvalue weighted by Crippen LogP contribution is -2.29. The second kappa shape index (κ2) is 6.68. The molecule has 1 atom stereocenters. The number of hydrogen-bond donors (Lipinski definition) is 1. The zero-order valence-corrected chi connectivity index (χ0v) is 12.0. The van der Waals surface area contributed by atoms with Gasteiger partial charge in [-0.3, -0.25) is 0 Å². The molecule has 0 aliphatic heterocycles. The minimum atomic E-state index is -0.301. The molecule has 1 heterocycles. The molecule has 1 aromatic carbocycles. The molecule has 4 heteroatoms. The summed E-state index contributed by atoms with van der Waals surface area (Å²) >= 11 is 1.70. The molecule has 0 bridgehead atoms. The SMILES string of the molecule is CNC(Cc1ccsc1)Cc1ccc(OC)c(F)c1. The van der Waals surface area contributed by atoms with Gasteiger partial charge in [0.25, 0.3) is 0 Å². The summed E-state index contributed by atoms with van der Waals surface area (Å²) in [5.74, 6) is -0.00650. The van der Waals surface area contributed by atoms with Gasteiger partial charge in [-0.25, -0.2) is 4.39 Å². The summed E-state index contributed by atoms with van der Waals surface area (Å²) in [4.78, 5) is 0. The van der Waals surface area contributed by atoms with Crippen molar-refractivity contribution >= 4 is 11.3 Å². The molecule has 19 heavy (non-hydrogen) atoms. The lowest BCUT2D eigenvalue weighted by Gasteiger charge is -2.16. The van der Waals surface area contributed by atoms with Crippen molar-refractivity contribution in [2.45, 2.75) is 18.9 Å².